The van der Waals surface area contributed by atoms with Gasteiger partial charge in [0.15, 0.2) is 0 Å². The third-order valence-corrected chi connectivity index (χ3v) is 3.94. The molecule has 0 spiro atoms. The molecule has 4 heteroatoms. The molecule has 0 aromatic carbocycles. The third-order valence-electron chi connectivity index (χ3n) is 3.94. The Labute approximate surface area is 105 Å². The molecule has 2 aliphatic heterocycles. The number of hydrogen-bond donors (Lipinski definition) is 1. The first-order valence-corrected chi connectivity index (χ1v) is 7.00. The van der Waals surface area contributed by atoms with Gasteiger partial charge in [0.1, 0.15) is 0 Å². The first-order valence-electron chi connectivity index (χ1n) is 7.00. The fraction of sp³-hybridized carbons (Fsp3) is 1.00. The Morgan fingerprint density at radius 1 is 1.24 bits per heavy atom. The maximum Gasteiger partial charge on any atom is 0.0561 e. The highest BCUT2D eigenvalue weighted by molar-refractivity contribution is 4.76. The molecular formula is C13H27N3O. The predicted octanol–water partition coefficient (Wildman–Crippen LogP) is 0.391. The number of likely N-dealkylation sites (N-methyl/N-ethyl adjacent to an activating group) is 1. The summed E-state index contributed by atoms with van der Waals surface area (Å²) in [7, 11) is 2.21. The summed E-state index contributed by atoms with van der Waals surface area (Å²) in [6.07, 6.45) is 2.78. The summed E-state index contributed by atoms with van der Waals surface area (Å²) in [5.74, 6) is 0. The van der Waals surface area contributed by atoms with E-state index in [1.807, 2.05) is 0 Å². The van der Waals surface area contributed by atoms with Gasteiger partial charge in [-0.1, -0.05) is 0 Å². The molecule has 0 saturated carbocycles. The van der Waals surface area contributed by atoms with Gasteiger partial charge in [-0.3, -0.25) is 4.90 Å². The van der Waals surface area contributed by atoms with Crippen molar-refractivity contribution in [2.75, 3.05) is 52.9 Å². The Bertz CT molecular complexity index is 217. The fourth-order valence-corrected chi connectivity index (χ4v) is 2.68. The van der Waals surface area contributed by atoms with Crippen LogP contribution in [0.5, 0.6) is 0 Å². The lowest BCUT2D eigenvalue weighted by atomic mass is 10.0. The first kappa shape index (κ1) is 13.3. The molecule has 2 rings (SSSR count). The Hall–Kier alpha value is -0.160. The number of nitrogens with one attached hydrogen (secondary N) is 1. The molecule has 0 aromatic rings. The van der Waals surface area contributed by atoms with Crippen LogP contribution in [0, 0.1) is 0 Å². The van der Waals surface area contributed by atoms with Crippen molar-refractivity contribution >= 4 is 0 Å². The van der Waals surface area contributed by atoms with E-state index < -0.39 is 0 Å². The lowest BCUT2D eigenvalue weighted by molar-refractivity contribution is 0.0128. The minimum atomic E-state index is 0.435. The smallest absolute Gasteiger partial charge is 0.0561 e. The fourth-order valence-electron chi connectivity index (χ4n) is 2.68. The highest BCUT2D eigenvalue weighted by Crippen LogP contribution is 2.12. The van der Waals surface area contributed by atoms with Crippen molar-refractivity contribution in [2.45, 2.75) is 31.9 Å². The van der Waals surface area contributed by atoms with E-state index in [2.05, 4.69) is 29.1 Å². The molecule has 100 valence electrons. The zero-order valence-electron chi connectivity index (χ0n) is 11.3. The van der Waals surface area contributed by atoms with Crippen LogP contribution in [0.4, 0.5) is 0 Å². The van der Waals surface area contributed by atoms with Crippen molar-refractivity contribution in [3.8, 4) is 0 Å². The van der Waals surface area contributed by atoms with E-state index in [0.29, 0.717) is 12.1 Å². The van der Waals surface area contributed by atoms with Gasteiger partial charge in [-0.05, 0) is 26.8 Å². The molecule has 0 aliphatic carbocycles. The maximum absolute atomic E-state index is 5.56. The lowest BCUT2D eigenvalue weighted by Gasteiger charge is -2.33. The largest absolute Gasteiger partial charge is 0.378 e. The Morgan fingerprint density at radius 3 is 2.71 bits per heavy atom. The Kier molecular flexibility index (Phi) is 5.22. The number of hydrogen-bond acceptors (Lipinski definition) is 4. The van der Waals surface area contributed by atoms with Gasteiger partial charge in [0.25, 0.3) is 0 Å². The van der Waals surface area contributed by atoms with Crippen LogP contribution >= 0.6 is 0 Å². The average Bonchev–Trinajstić information content (AvgIpc) is 2.32. The third kappa shape index (κ3) is 4.54. The molecule has 0 aromatic heterocycles. The molecule has 0 bridgehead atoms. The van der Waals surface area contributed by atoms with E-state index in [4.69, 9.17) is 4.74 Å². The summed E-state index contributed by atoms with van der Waals surface area (Å²) in [6, 6.07) is 0.672. The van der Waals surface area contributed by atoms with Crippen molar-refractivity contribution in [1.29, 1.82) is 0 Å². The molecule has 0 amide bonds. The SMILES string of the molecule is CC1CC(NCCN2CCN(C)CC2)CCO1. The second-order valence-corrected chi connectivity index (χ2v) is 5.50. The molecule has 17 heavy (non-hydrogen) atoms. The summed E-state index contributed by atoms with van der Waals surface area (Å²) in [5.41, 5.74) is 0. The number of rotatable bonds is 4. The van der Waals surface area contributed by atoms with E-state index >= 15 is 0 Å². The van der Waals surface area contributed by atoms with Gasteiger partial charge in [-0.15, -0.1) is 0 Å². The minimum absolute atomic E-state index is 0.435. The predicted molar refractivity (Wildman–Crippen MR) is 70.4 cm³/mol. The molecule has 1 N–H and O–H groups in total. The van der Waals surface area contributed by atoms with E-state index in [1.165, 1.54) is 45.6 Å². The summed E-state index contributed by atoms with van der Waals surface area (Å²) in [4.78, 5) is 4.97. The van der Waals surface area contributed by atoms with Gasteiger partial charge in [0.2, 0.25) is 0 Å². The maximum atomic E-state index is 5.56. The van der Waals surface area contributed by atoms with Crippen LogP contribution in [0.2, 0.25) is 0 Å². The molecule has 2 fully saturated rings. The van der Waals surface area contributed by atoms with Crippen LogP contribution in [-0.2, 0) is 4.74 Å². The van der Waals surface area contributed by atoms with E-state index in [0.717, 1.165) is 13.2 Å². The molecule has 2 aliphatic rings. The number of nitrogens with zero attached hydrogens (tertiary/aromatic N) is 2. The summed E-state index contributed by atoms with van der Waals surface area (Å²) < 4.78 is 5.56. The molecular weight excluding hydrogens is 214 g/mol. The molecule has 2 saturated heterocycles. The van der Waals surface area contributed by atoms with Crippen LogP contribution in [0.15, 0.2) is 0 Å². The van der Waals surface area contributed by atoms with Crippen molar-refractivity contribution in [3.05, 3.63) is 0 Å². The lowest BCUT2D eigenvalue weighted by Crippen LogP contribution is -2.48. The second-order valence-electron chi connectivity index (χ2n) is 5.50. The topological polar surface area (TPSA) is 27.7 Å². The molecule has 2 unspecified atom stereocenters. The highest BCUT2D eigenvalue weighted by atomic mass is 16.5. The van der Waals surface area contributed by atoms with Gasteiger partial charge in [0, 0.05) is 51.9 Å². The average molecular weight is 241 g/mol. The molecule has 0 radical (unpaired) electrons. The van der Waals surface area contributed by atoms with Crippen molar-refractivity contribution in [3.63, 3.8) is 0 Å². The summed E-state index contributed by atoms with van der Waals surface area (Å²) >= 11 is 0. The van der Waals surface area contributed by atoms with Gasteiger partial charge in [-0.2, -0.15) is 0 Å². The van der Waals surface area contributed by atoms with Crippen molar-refractivity contribution < 1.29 is 4.74 Å². The molecule has 2 heterocycles. The van der Waals surface area contributed by atoms with Crippen LogP contribution < -0.4 is 5.32 Å². The normalized spacial score (nSPS) is 32.8. The van der Waals surface area contributed by atoms with Crippen LogP contribution in [0.3, 0.4) is 0 Å². The summed E-state index contributed by atoms with van der Waals surface area (Å²) in [5, 5.41) is 3.68. The van der Waals surface area contributed by atoms with Gasteiger partial charge in [-0.25, -0.2) is 0 Å². The Balaban J connectivity index is 1.56. The number of piperazine rings is 1. The molecule has 4 nitrogen and oxygen atoms in total. The quantitative estimate of drug-likeness (QED) is 0.771. The standard InChI is InChI=1S/C13H27N3O/c1-12-11-13(3-10-17-12)14-4-5-16-8-6-15(2)7-9-16/h12-14H,3-11H2,1-2H3. The minimum Gasteiger partial charge on any atom is -0.378 e. The molecule has 2 atom stereocenters. The summed E-state index contributed by atoms with van der Waals surface area (Å²) in [6.45, 7) is 10.3. The van der Waals surface area contributed by atoms with Crippen LogP contribution in [-0.4, -0.2) is 74.9 Å². The highest BCUT2D eigenvalue weighted by Gasteiger charge is 2.19. The van der Waals surface area contributed by atoms with Crippen molar-refractivity contribution in [2.24, 2.45) is 0 Å². The van der Waals surface area contributed by atoms with Gasteiger partial charge in [0.05, 0.1) is 6.10 Å². The van der Waals surface area contributed by atoms with Crippen molar-refractivity contribution in [1.82, 2.24) is 15.1 Å². The van der Waals surface area contributed by atoms with Crippen LogP contribution in [0.1, 0.15) is 19.8 Å². The zero-order valence-corrected chi connectivity index (χ0v) is 11.3. The number of ether oxygens (including phenoxy) is 1. The van der Waals surface area contributed by atoms with E-state index in [1.54, 1.807) is 0 Å². The second kappa shape index (κ2) is 6.69. The van der Waals surface area contributed by atoms with Gasteiger partial charge >= 0.3 is 0 Å². The van der Waals surface area contributed by atoms with E-state index in [-0.39, 0.29) is 0 Å². The Morgan fingerprint density at radius 2 is 2.00 bits per heavy atom. The monoisotopic (exact) mass is 241 g/mol. The van der Waals surface area contributed by atoms with Crippen LogP contribution in [0.25, 0.3) is 0 Å². The van der Waals surface area contributed by atoms with E-state index in [9.17, 15) is 0 Å². The zero-order chi connectivity index (χ0) is 12.1. The van der Waals surface area contributed by atoms with Gasteiger partial charge < -0.3 is 15.0 Å². The first-order chi connectivity index (χ1) is 8.24.